The van der Waals surface area contributed by atoms with Crippen LogP contribution in [0.1, 0.15) is 59.8 Å². The lowest BCUT2D eigenvalue weighted by Crippen LogP contribution is -2.62. The zero-order valence-electron chi connectivity index (χ0n) is 11.6. The Morgan fingerprint density at radius 3 is 2.65 bits per heavy atom. The SMILES string of the molecule is CC(C)=CCCC1(C)OC2(C)CCC1CC2O. The molecular weight excluding hydrogens is 212 g/mol. The van der Waals surface area contributed by atoms with Crippen LogP contribution in [-0.2, 0) is 4.74 Å². The highest BCUT2D eigenvalue weighted by Gasteiger charge is 2.54. The van der Waals surface area contributed by atoms with Gasteiger partial charge in [-0.2, -0.15) is 0 Å². The lowest BCUT2D eigenvalue weighted by atomic mass is 9.65. The van der Waals surface area contributed by atoms with Crippen molar-refractivity contribution < 1.29 is 9.84 Å². The smallest absolute Gasteiger partial charge is 0.0919 e. The van der Waals surface area contributed by atoms with E-state index < -0.39 is 0 Å². The molecule has 0 radical (unpaired) electrons. The molecule has 2 nitrogen and oxygen atoms in total. The van der Waals surface area contributed by atoms with Crippen molar-refractivity contribution in [3.8, 4) is 0 Å². The first-order valence-corrected chi connectivity index (χ1v) is 6.87. The summed E-state index contributed by atoms with van der Waals surface area (Å²) in [5.74, 6) is 0.532. The van der Waals surface area contributed by atoms with E-state index in [2.05, 4.69) is 33.8 Å². The van der Waals surface area contributed by atoms with E-state index in [4.69, 9.17) is 4.74 Å². The van der Waals surface area contributed by atoms with Gasteiger partial charge in [-0.25, -0.2) is 0 Å². The van der Waals surface area contributed by atoms with E-state index in [1.165, 1.54) is 12.0 Å². The summed E-state index contributed by atoms with van der Waals surface area (Å²) >= 11 is 0. The van der Waals surface area contributed by atoms with Gasteiger partial charge < -0.3 is 9.84 Å². The van der Waals surface area contributed by atoms with Gasteiger partial charge in [-0.15, -0.1) is 0 Å². The second-order valence-corrected chi connectivity index (χ2v) is 6.53. The summed E-state index contributed by atoms with van der Waals surface area (Å²) in [6.45, 7) is 8.59. The van der Waals surface area contributed by atoms with Crippen LogP contribution in [0.3, 0.4) is 0 Å². The van der Waals surface area contributed by atoms with Gasteiger partial charge in [0.25, 0.3) is 0 Å². The van der Waals surface area contributed by atoms with Crippen LogP contribution in [0, 0.1) is 5.92 Å². The zero-order valence-corrected chi connectivity index (χ0v) is 11.6. The summed E-state index contributed by atoms with van der Waals surface area (Å²) < 4.78 is 6.28. The third kappa shape index (κ3) is 2.43. The Morgan fingerprint density at radius 1 is 1.41 bits per heavy atom. The average Bonchev–Trinajstić information content (AvgIpc) is 2.20. The summed E-state index contributed by atoms with van der Waals surface area (Å²) in [7, 11) is 0. The maximum atomic E-state index is 10.1. The number of allylic oxidation sites excluding steroid dienone is 2. The highest BCUT2D eigenvalue weighted by Crippen LogP contribution is 2.51. The van der Waals surface area contributed by atoms with Crippen molar-refractivity contribution in [3.63, 3.8) is 0 Å². The first-order valence-electron chi connectivity index (χ1n) is 6.87. The number of ether oxygens (including phenoxy) is 1. The van der Waals surface area contributed by atoms with Crippen LogP contribution in [0.25, 0.3) is 0 Å². The minimum absolute atomic E-state index is 0.0296. The van der Waals surface area contributed by atoms with Gasteiger partial charge in [-0.1, -0.05) is 11.6 Å². The van der Waals surface area contributed by atoms with E-state index in [0.29, 0.717) is 5.92 Å². The molecule has 0 aromatic rings. The molecule has 3 fully saturated rings. The second-order valence-electron chi connectivity index (χ2n) is 6.53. The van der Waals surface area contributed by atoms with Crippen LogP contribution >= 0.6 is 0 Å². The Balaban J connectivity index is 2.04. The van der Waals surface area contributed by atoms with Crippen molar-refractivity contribution in [2.24, 2.45) is 5.92 Å². The number of hydrogen-bond donors (Lipinski definition) is 1. The fourth-order valence-corrected chi connectivity index (χ4v) is 3.46. The van der Waals surface area contributed by atoms with E-state index in [1.54, 1.807) is 0 Å². The van der Waals surface area contributed by atoms with Crippen LogP contribution in [0.4, 0.5) is 0 Å². The molecule has 2 heteroatoms. The number of hydrogen-bond acceptors (Lipinski definition) is 2. The van der Waals surface area contributed by atoms with Crippen LogP contribution in [0.2, 0.25) is 0 Å². The largest absolute Gasteiger partial charge is 0.390 e. The zero-order chi connectivity index (χ0) is 12.7. The maximum absolute atomic E-state index is 10.1. The van der Waals surface area contributed by atoms with Crippen LogP contribution in [0.15, 0.2) is 11.6 Å². The van der Waals surface area contributed by atoms with Gasteiger partial charge in [-0.3, -0.25) is 0 Å². The van der Waals surface area contributed by atoms with Crippen LogP contribution < -0.4 is 0 Å². The summed E-state index contributed by atoms with van der Waals surface area (Å²) in [4.78, 5) is 0. The monoisotopic (exact) mass is 238 g/mol. The molecule has 2 saturated heterocycles. The Bertz CT molecular complexity index is 319. The Hall–Kier alpha value is -0.340. The Kier molecular flexibility index (Phi) is 3.39. The molecule has 2 bridgehead atoms. The van der Waals surface area contributed by atoms with Gasteiger partial charge >= 0.3 is 0 Å². The summed E-state index contributed by atoms with van der Waals surface area (Å²) in [5.41, 5.74) is 1.05. The standard InChI is InChI=1S/C15H26O2/c1-11(2)6-5-8-14(3)12-7-9-15(4,17-14)13(16)10-12/h6,12-13,16H,5,7-10H2,1-4H3. The molecule has 0 spiro atoms. The molecule has 2 aliphatic heterocycles. The molecule has 0 aromatic heterocycles. The lowest BCUT2D eigenvalue weighted by Gasteiger charge is -2.57. The van der Waals surface area contributed by atoms with Crippen molar-refractivity contribution in [2.75, 3.05) is 0 Å². The molecule has 3 rings (SSSR count). The highest BCUT2D eigenvalue weighted by molar-refractivity contribution is 5.05. The van der Waals surface area contributed by atoms with Gasteiger partial charge in [-0.05, 0) is 65.7 Å². The van der Waals surface area contributed by atoms with Crippen molar-refractivity contribution >= 4 is 0 Å². The molecule has 0 amide bonds. The van der Waals surface area contributed by atoms with Crippen molar-refractivity contribution in [1.82, 2.24) is 0 Å². The van der Waals surface area contributed by atoms with Crippen molar-refractivity contribution in [3.05, 3.63) is 11.6 Å². The van der Waals surface area contributed by atoms with Gasteiger partial charge in [0, 0.05) is 0 Å². The van der Waals surface area contributed by atoms with Crippen LogP contribution in [-0.4, -0.2) is 22.4 Å². The number of rotatable bonds is 3. The third-order valence-corrected chi connectivity index (χ3v) is 4.73. The fourth-order valence-electron chi connectivity index (χ4n) is 3.46. The van der Waals surface area contributed by atoms with E-state index in [9.17, 15) is 5.11 Å². The molecule has 2 heterocycles. The minimum Gasteiger partial charge on any atom is -0.390 e. The number of aliphatic hydroxyl groups is 1. The summed E-state index contributed by atoms with van der Waals surface area (Å²) in [6.07, 6.45) is 7.32. The van der Waals surface area contributed by atoms with Crippen molar-refractivity contribution in [2.45, 2.75) is 77.1 Å². The second kappa shape index (κ2) is 4.40. The average molecular weight is 238 g/mol. The first-order chi connectivity index (χ1) is 7.86. The maximum Gasteiger partial charge on any atom is 0.0919 e. The predicted molar refractivity (Wildman–Crippen MR) is 69.9 cm³/mol. The lowest BCUT2D eigenvalue weighted by molar-refractivity contribution is -0.281. The van der Waals surface area contributed by atoms with E-state index in [0.717, 1.165) is 25.7 Å². The molecule has 3 aliphatic rings. The minimum atomic E-state index is -0.297. The predicted octanol–water partition coefficient (Wildman–Crippen LogP) is 3.44. The molecule has 4 unspecified atom stereocenters. The van der Waals surface area contributed by atoms with Gasteiger partial charge in [0.05, 0.1) is 17.3 Å². The molecule has 1 aliphatic carbocycles. The Morgan fingerprint density at radius 2 is 2.12 bits per heavy atom. The third-order valence-electron chi connectivity index (χ3n) is 4.73. The van der Waals surface area contributed by atoms with E-state index in [-0.39, 0.29) is 17.3 Å². The molecular formula is C15H26O2. The molecule has 4 atom stereocenters. The summed E-state index contributed by atoms with van der Waals surface area (Å²) in [5, 5.41) is 10.1. The Labute approximate surface area is 105 Å². The molecule has 1 saturated carbocycles. The van der Waals surface area contributed by atoms with Gasteiger partial charge in [0.1, 0.15) is 0 Å². The van der Waals surface area contributed by atoms with Gasteiger partial charge in [0.15, 0.2) is 0 Å². The normalized spacial score (nSPS) is 44.8. The fraction of sp³-hybridized carbons (Fsp3) is 0.867. The number of aliphatic hydroxyl groups excluding tert-OH is 1. The molecule has 1 N–H and O–H groups in total. The van der Waals surface area contributed by atoms with E-state index in [1.807, 2.05) is 0 Å². The quantitative estimate of drug-likeness (QED) is 0.763. The van der Waals surface area contributed by atoms with Gasteiger partial charge in [0.2, 0.25) is 0 Å². The van der Waals surface area contributed by atoms with Crippen molar-refractivity contribution in [1.29, 1.82) is 0 Å². The first kappa shape index (κ1) is 13.1. The number of fused-ring (bicyclic) bond motifs is 3. The summed E-state index contributed by atoms with van der Waals surface area (Å²) in [6, 6.07) is 0. The molecule has 98 valence electrons. The van der Waals surface area contributed by atoms with Crippen LogP contribution in [0.5, 0.6) is 0 Å². The highest BCUT2D eigenvalue weighted by atomic mass is 16.5. The van der Waals surface area contributed by atoms with E-state index >= 15 is 0 Å². The molecule has 0 aromatic carbocycles. The molecule has 17 heavy (non-hydrogen) atoms. The topological polar surface area (TPSA) is 29.5 Å².